The highest BCUT2D eigenvalue weighted by Crippen LogP contribution is 2.30. The van der Waals surface area contributed by atoms with Gasteiger partial charge in [-0.1, -0.05) is 57.8 Å². The summed E-state index contributed by atoms with van der Waals surface area (Å²) in [7, 11) is 0. The van der Waals surface area contributed by atoms with Crippen molar-refractivity contribution >= 4 is 11.6 Å². The summed E-state index contributed by atoms with van der Waals surface area (Å²) in [5, 5.41) is 0.844. The Morgan fingerprint density at radius 1 is 1.24 bits per heavy atom. The minimum atomic E-state index is 0.0914. The van der Waals surface area contributed by atoms with Crippen LogP contribution in [0.5, 0.6) is 0 Å². The molecule has 2 unspecified atom stereocenters. The van der Waals surface area contributed by atoms with Gasteiger partial charge in [0.15, 0.2) is 0 Å². The molecule has 0 amide bonds. The van der Waals surface area contributed by atoms with Gasteiger partial charge in [0, 0.05) is 11.1 Å². The Balaban J connectivity index is 2.89. The predicted molar refractivity (Wildman–Crippen MR) is 76.5 cm³/mol. The lowest BCUT2D eigenvalue weighted by atomic mass is 9.90. The van der Waals surface area contributed by atoms with Gasteiger partial charge in [-0.2, -0.15) is 0 Å². The van der Waals surface area contributed by atoms with Gasteiger partial charge in [-0.25, -0.2) is 0 Å². The van der Waals surface area contributed by atoms with Gasteiger partial charge in [0.1, 0.15) is 0 Å². The fraction of sp³-hybridized carbons (Fsp3) is 0.600. The van der Waals surface area contributed by atoms with Crippen molar-refractivity contribution in [1.82, 2.24) is 0 Å². The Bertz CT molecular complexity index is 360. The largest absolute Gasteiger partial charge is 0.324 e. The summed E-state index contributed by atoms with van der Waals surface area (Å²) >= 11 is 6.29. The van der Waals surface area contributed by atoms with Crippen molar-refractivity contribution in [1.29, 1.82) is 0 Å². The average molecular weight is 254 g/mol. The van der Waals surface area contributed by atoms with Gasteiger partial charge >= 0.3 is 0 Å². The fourth-order valence-electron chi connectivity index (χ4n) is 2.18. The molecular formula is C15H24ClN. The van der Waals surface area contributed by atoms with Gasteiger partial charge in [-0.05, 0) is 35.4 Å². The molecule has 0 aliphatic carbocycles. The van der Waals surface area contributed by atoms with E-state index < -0.39 is 0 Å². The van der Waals surface area contributed by atoms with E-state index in [0.717, 1.165) is 17.0 Å². The van der Waals surface area contributed by atoms with E-state index >= 15 is 0 Å². The van der Waals surface area contributed by atoms with Crippen molar-refractivity contribution in [2.24, 2.45) is 11.7 Å². The molecule has 0 radical (unpaired) electrons. The quantitative estimate of drug-likeness (QED) is 0.794. The molecular weight excluding hydrogens is 230 g/mol. The number of halogens is 1. The predicted octanol–water partition coefficient (Wildman–Crippen LogP) is 4.90. The Morgan fingerprint density at radius 3 is 2.35 bits per heavy atom. The lowest BCUT2D eigenvalue weighted by molar-refractivity contribution is 0.433. The number of nitrogens with two attached hydrogens (primary N) is 1. The molecule has 0 aromatic heterocycles. The number of benzene rings is 1. The normalized spacial score (nSPS) is 15.0. The third-order valence-electron chi connectivity index (χ3n) is 3.39. The minimum absolute atomic E-state index is 0.0914. The SMILES string of the molecule is CCCC(C)C(N)c1ccc(C(C)C)c(Cl)c1. The maximum Gasteiger partial charge on any atom is 0.0443 e. The molecule has 96 valence electrons. The number of rotatable bonds is 5. The van der Waals surface area contributed by atoms with E-state index in [9.17, 15) is 0 Å². The molecule has 0 aliphatic heterocycles. The zero-order valence-corrected chi connectivity index (χ0v) is 12.1. The first-order chi connectivity index (χ1) is 7.97. The van der Waals surface area contributed by atoms with E-state index in [0.29, 0.717) is 11.8 Å². The maximum atomic E-state index is 6.29. The van der Waals surface area contributed by atoms with E-state index in [2.05, 4.69) is 39.8 Å². The Hall–Kier alpha value is -0.530. The monoisotopic (exact) mass is 253 g/mol. The molecule has 1 aromatic carbocycles. The molecule has 0 fully saturated rings. The number of hydrogen-bond donors (Lipinski definition) is 1. The first kappa shape index (κ1) is 14.5. The summed E-state index contributed by atoms with van der Waals surface area (Å²) in [6, 6.07) is 6.36. The molecule has 0 spiro atoms. The first-order valence-corrected chi connectivity index (χ1v) is 6.90. The van der Waals surface area contributed by atoms with Crippen molar-refractivity contribution in [2.75, 3.05) is 0 Å². The molecule has 0 bridgehead atoms. The smallest absolute Gasteiger partial charge is 0.0443 e. The lowest BCUT2D eigenvalue weighted by Crippen LogP contribution is -2.19. The van der Waals surface area contributed by atoms with E-state index in [-0.39, 0.29) is 6.04 Å². The molecule has 1 nitrogen and oxygen atoms in total. The van der Waals surface area contributed by atoms with Gasteiger partial charge in [0.25, 0.3) is 0 Å². The summed E-state index contributed by atoms with van der Waals surface area (Å²) in [4.78, 5) is 0. The molecule has 1 rings (SSSR count). The van der Waals surface area contributed by atoms with Crippen LogP contribution >= 0.6 is 11.6 Å². The zero-order chi connectivity index (χ0) is 13.0. The standard InChI is InChI=1S/C15H24ClN/c1-5-6-11(4)15(17)12-7-8-13(10(2)3)14(16)9-12/h7-11,15H,5-6,17H2,1-4H3. The van der Waals surface area contributed by atoms with Crippen molar-refractivity contribution in [2.45, 2.75) is 52.5 Å². The van der Waals surface area contributed by atoms with Crippen LogP contribution in [0, 0.1) is 5.92 Å². The first-order valence-electron chi connectivity index (χ1n) is 6.52. The van der Waals surface area contributed by atoms with E-state index in [1.165, 1.54) is 12.0 Å². The second-order valence-electron chi connectivity index (χ2n) is 5.23. The second kappa shape index (κ2) is 6.42. The molecule has 2 atom stereocenters. The van der Waals surface area contributed by atoms with Crippen molar-refractivity contribution in [3.63, 3.8) is 0 Å². The minimum Gasteiger partial charge on any atom is -0.324 e. The molecule has 2 N–H and O–H groups in total. The lowest BCUT2D eigenvalue weighted by Gasteiger charge is -2.21. The van der Waals surface area contributed by atoms with Gasteiger partial charge in [-0.15, -0.1) is 0 Å². The van der Waals surface area contributed by atoms with Crippen LogP contribution in [0.15, 0.2) is 18.2 Å². The van der Waals surface area contributed by atoms with Crippen LogP contribution in [0.3, 0.4) is 0 Å². The van der Waals surface area contributed by atoms with Crippen LogP contribution < -0.4 is 5.73 Å². The topological polar surface area (TPSA) is 26.0 Å². The fourth-order valence-corrected chi connectivity index (χ4v) is 2.59. The van der Waals surface area contributed by atoms with Crippen LogP contribution in [0.25, 0.3) is 0 Å². The maximum absolute atomic E-state index is 6.29. The summed E-state index contributed by atoms with van der Waals surface area (Å²) in [5.74, 6) is 0.960. The van der Waals surface area contributed by atoms with Gasteiger partial charge in [-0.3, -0.25) is 0 Å². The summed E-state index contributed by atoms with van der Waals surface area (Å²) in [5.41, 5.74) is 8.61. The highest BCUT2D eigenvalue weighted by atomic mass is 35.5. The molecule has 1 aromatic rings. The Kier molecular flexibility index (Phi) is 5.48. The van der Waals surface area contributed by atoms with Crippen LogP contribution in [0.2, 0.25) is 5.02 Å². The Morgan fingerprint density at radius 2 is 1.88 bits per heavy atom. The third kappa shape index (κ3) is 3.72. The average Bonchev–Trinajstić information content (AvgIpc) is 2.27. The van der Waals surface area contributed by atoms with Gasteiger partial charge in [0.05, 0.1) is 0 Å². The summed E-state index contributed by atoms with van der Waals surface area (Å²) in [6.07, 6.45) is 2.33. The Labute approximate surface area is 110 Å². The number of hydrogen-bond acceptors (Lipinski definition) is 1. The molecule has 17 heavy (non-hydrogen) atoms. The summed E-state index contributed by atoms with van der Waals surface area (Å²) in [6.45, 7) is 8.71. The molecule has 2 heteroatoms. The van der Waals surface area contributed by atoms with Crippen molar-refractivity contribution in [3.8, 4) is 0 Å². The molecule has 0 saturated carbocycles. The zero-order valence-electron chi connectivity index (χ0n) is 11.3. The second-order valence-corrected chi connectivity index (χ2v) is 5.63. The van der Waals surface area contributed by atoms with Crippen LogP contribution in [-0.2, 0) is 0 Å². The molecule has 0 saturated heterocycles. The van der Waals surface area contributed by atoms with E-state index in [1.807, 2.05) is 6.07 Å². The summed E-state index contributed by atoms with van der Waals surface area (Å²) < 4.78 is 0. The highest BCUT2D eigenvalue weighted by molar-refractivity contribution is 6.31. The van der Waals surface area contributed by atoms with Gasteiger partial charge in [0.2, 0.25) is 0 Å². The molecule has 0 aliphatic rings. The third-order valence-corrected chi connectivity index (χ3v) is 3.72. The van der Waals surface area contributed by atoms with Gasteiger partial charge < -0.3 is 5.73 Å². The van der Waals surface area contributed by atoms with E-state index in [4.69, 9.17) is 17.3 Å². The van der Waals surface area contributed by atoms with Crippen LogP contribution in [0.1, 0.15) is 63.6 Å². The van der Waals surface area contributed by atoms with Crippen molar-refractivity contribution in [3.05, 3.63) is 34.3 Å². The van der Waals surface area contributed by atoms with Crippen LogP contribution in [-0.4, -0.2) is 0 Å². The van der Waals surface area contributed by atoms with E-state index in [1.54, 1.807) is 0 Å². The highest BCUT2D eigenvalue weighted by Gasteiger charge is 2.15. The van der Waals surface area contributed by atoms with Crippen LogP contribution in [0.4, 0.5) is 0 Å². The van der Waals surface area contributed by atoms with Crippen molar-refractivity contribution < 1.29 is 0 Å². The molecule has 0 heterocycles.